The van der Waals surface area contributed by atoms with Gasteiger partial charge in [0.05, 0.1) is 6.61 Å². The van der Waals surface area contributed by atoms with Crippen molar-refractivity contribution in [1.82, 2.24) is 4.90 Å². The third-order valence-electron chi connectivity index (χ3n) is 4.73. The molecule has 3 heteroatoms. The van der Waals surface area contributed by atoms with Crippen LogP contribution in [0.15, 0.2) is 67.3 Å². The summed E-state index contributed by atoms with van der Waals surface area (Å²) in [6, 6.07) is 18.1. The molecule has 1 amide bonds. The van der Waals surface area contributed by atoms with Gasteiger partial charge in [-0.3, -0.25) is 4.79 Å². The summed E-state index contributed by atoms with van der Waals surface area (Å²) in [7, 11) is 0. The van der Waals surface area contributed by atoms with Crippen molar-refractivity contribution in [3.05, 3.63) is 72.8 Å². The molecular weight excluding hydrogens is 310 g/mol. The summed E-state index contributed by atoms with van der Waals surface area (Å²) in [5.74, 6) is 0.675. The molecule has 0 aliphatic carbocycles. The van der Waals surface area contributed by atoms with E-state index in [0.29, 0.717) is 12.5 Å². The van der Waals surface area contributed by atoms with E-state index in [1.807, 2.05) is 47.4 Å². The van der Waals surface area contributed by atoms with Crippen LogP contribution in [0.5, 0.6) is 0 Å². The average molecular weight is 335 g/mol. The lowest BCUT2D eigenvalue weighted by Gasteiger charge is -2.32. The Hall–Kier alpha value is -2.39. The van der Waals surface area contributed by atoms with Gasteiger partial charge in [0.25, 0.3) is 5.91 Å². The quantitative estimate of drug-likeness (QED) is 0.578. The fourth-order valence-electron chi connectivity index (χ4n) is 3.24. The fraction of sp³-hybridized carbons (Fsp3) is 0.318. The molecule has 130 valence electrons. The number of likely N-dealkylation sites (tertiary alicyclic amines) is 1. The van der Waals surface area contributed by atoms with E-state index in [1.54, 1.807) is 6.08 Å². The summed E-state index contributed by atoms with van der Waals surface area (Å²) in [6.07, 6.45) is 3.79. The first kappa shape index (κ1) is 17.4. The number of carbonyl (C=O) groups is 1. The number of carbonyl (C=O) groups excluding carboxylic acids is 1. The molecule has 0 radical (unpaired) electrons. The molecule has 1 aliphatic heterocycles. The molecule has 3 rings (SSSR count). The molecule has 0 unspecified atom stereocenters. The summed E-state index contributed by atoms with van der Waals surface area (Å²) in [4.78, 5) is 14.7. The second-order valence-electron chi connectivity index (χ2n) is 6.51. The second-order valence-corrected chi connectivity index (χ2v) is 6.51. The zero-order chi connectivity index (χ0) is 17.5. The molecule has 0 saturated carbocycles. The van der Waals surface area contributed by atoms with Crippen molar-refractivity contribution in [1.29, 1.82) is 0 Å². The van der Waals surface area contributed by atoms with Crippen LogP contribution >= 0.6 is 0 Å². The van der Waals surface area contributed by atoms with Crippen LogP contribution in [0.25, 0.3) is 11.1 Å². The van der Waals surface area contributed by atoms with E-state index in [4.69, 9.17) is 4.74 Å². The van der Waals surface area contributed by atoms with E-state index >= 15 is 0 Å². The molecular formula is C22H25NO2. The third-order valence-corrected chi connectivity index (χ3v) is 4.73. The normalized spacial score (nSPS) is 15.1. The molecule has 1 fully saturated rings. The van der Waals surface area contributed by atoms with E-state index in [9.17, 15) is 4.79 Å². The zero-order valence-corrected chi connectivity index (χ0v) is 14.6. The molecule has 25 heavy (non-hydrogen) atoms. The van der Waals surface area contributed by atoms with Gasteiger partial charge in [0, 0.05) is 25.3 Å². The molecule has 0 atom stereocenters. The molecule has 1 aliphatic rings. The maximum absolute atomic E-state index is 12.7. The Labute approximate surface area is 149 Å². The van der Waals surface area contributed by atoms with Crippen LogP contribution < -0.4 is 0 Å². The zero-order valence-electron chi connectivity index (χ0n) is 14.6. The van der Waals surface area contributed by atoms with Gasteiger partial charge in [0.2, 0.25) is 0 Å². The Balaban J connectivity index is 1.56. The highest BCUT2D eigenvalue weighted by molar-refractivity contribution is 5.94. The average Bonchev–Trinajstić information content (AvgIpc) is 2.69. The molecule has 1 heterocycles. The van der Waals surface area contributed by atoms with Crippen LogP contribution in [0.4, 0.5) is 0 Å². The topological polar surface area (TPSA) is 29.5 Å². The summed E-state index contributed by atoms with van der Waals surface area (Å²) in [5, 5.41) is 0. The van der Waals surface area contributed by atoms with Crippen molar-refractivity contribution in [2.75, 3.05) is 26.3 Å². The van der Waals surface area contributed by atoms with Crippen LogP contribution in [-0.4, -0.2) is 37.1 Å². The summed E-state index contributed by atoms with van der Waals surface area (Å²) < 4.78 is 5.54. The maximum Gasteiger partial charge on any atom is 0.253 e. The minimum absolute atomic E-state index is 0.130. The van der Waals surface area contributed by atoms with Crippen LogP contribution in [0.1, 0.15) is 23.2 Å². The lowest BCUT2D eigenvalue weighted by Crippen LogP contribution is -2.39. The van der Waals surface area contributed by atoms with Crippen LogP contribution in [0.2, 0.25) is 0 Å². The highest BCUT2D eigenvalue weighted by Gasteiger charge is 2.23. The number of nitrogens with zero attached hydrogens (tertiary/aromatic N) is 1. The highest BCUT2D eigenvalue weighted by Crippen LogP contribution is 2.22. The largest absolute Gasteiger partial charge is 0.377 e. The van der Waals surface area contributed by atoms with Crippen LogP contribution in [-0.2, 0) is 4.74 Å². The fourth-order valence-corrected chi connectivity index (χ4v) is 3.24. The highest BCUT2D eigenvalue weighted by atomic mass is 16.5. The van der Waals surface area contributed by atoms with Gasteiger partial charge in [0.1, 0.15) is 0 Å². The van der Waals surface area contributed by atoms with Gasteiger partial charge >= 0.3 is 0 Å². The van der Waals surface area contributed by atoms with Gasteiger partial charge < -0.3 is 9.64 Å². The van der Waals surface area contributed by atoms with Gasteiger partial charge in [-0.2, -0.15) is 0 Å². The van der Waals surface area contributed by atoms with Crippen LogP contribution in [0, 0.1) is 5.92 Å². The molecule has 0 N–H and O–H groups in total. The van der Waals surface area contributed by atoms with Crippen molar-refractivity contribution in [2.45, 2.75) is 12.8 Å². The van der Waals surface area contributed by atoms with E-state index in [-0.39, 0.29) is 5.91 Å². The number of rotatable bonds is 6. The van der Waals surface area contributed by atoms with E-state index in [2.05, 4.69) is 18.7 Å². The van der Waals surface area contributed by atoms with Gasteiger partial charge in [-0.05, 0) is 42.0 Å². The number of ether oxygens (including phenoxy) is 1. The molecule has 0 bridgehead atoms. The van der Waals surface area contributed by atoms with Crippen molar-refractivity contribution in [3.8, 4) is 11.1 Å². The monoisotopic (exact) mass is 335 g/mol. The Morgan fingerprint density at radius 2 is 1.68 bits per heavy atom. The smallest absolute Gasteiger partial charge is 0.253 e. The lowest BCUT2D eigenvalue weighted by atomic mass is 9.97. The predicted molar refractivity (Wildman–Crippen MR) is 102 cm³/mol. The summed E-state index contributed by atoms with van der Waals surface area (Å²) in [6.45, 7) is 6.64. The van der Waals surface area contributed by atoms with E-state index in [0.717, 1.165) is 43.7 Å². The standard InChI is InChI=1S/C22H25NO2/c1-2-16-25-17-18-12-14-23(15-13-18)22(24)21-10-8-20(9-11-21)19-6-4-3-5-7-19/h2-11,18H,1,12-17H2. The molecule has 0 spiro atoms. The van der Waals surface area contributed by atoms with Crippen LogP contribution in [0.3, 0.4) is 0 Å². The number of amides is 1. The first-order chi connectivity index (χ1) is 12.3. The van der Waals surface area contributed by atoms with Crippen molar-refractivity contribution < 1.29 is 9.53 Å². The Kier molecular flexibility index (Phi) is 6.02. The van der Waals surface area contributed by atoms with Gasteiger partial charge in [0.15, 0.2) is 0 Å². The third kappa shape index (κ3) is 4.58. The molecule has 2 aromatic carbocycles. The lowest BCUT2D eigenvalue weighted by molar-refractivity contribution is 0.0575. The Morgan fingerprint density at radius 3 is 2.32 bits per heavy atom. The SMILES string of the molecule is C=CCOCC1CCN(C(=O)c2ccc(-c3ccccc3)cc2)CC1. The maximum atomic E-state index is 12.7. The van der Waals surface area contributed by atoms with Gasteiger partial charge in [-0.1, -0.05) is 48.5 Å². The Bertz CT molecular complexity index is 686. The van der Waals surface area contributed by atoms with E-state index < -0.39 is 0 Å². The molecule has 1 saturated heterocycles. The minimum atomic E-state index is 0.130. The first-order valence-electron chi connectivity index (χ1n) is 8.91. The summed E-state index contributed by atoms with van der Waals surface area (Å²) in [5.41, 5.74) is 3.07. The molecule has 0 aromatic heterocycles. The van der Waals surface area contributed by atoms with Crippen molar-refractivity contribution >= 4 is 5.91 Å². The molecule has 3 nitrogen and oxygen atoms in total. The van der Waals surface area contributed by atoms with E-state index in [1.165, 1.54) is 5.56 Å². The number of hydrogen-bond acceptors (Lipinski definition) is 2. The number of hydrogen-bond donors (Lipinski definition) is 0. The Morgan fingerprint density at radius 1 is 1.04 bits per heavy atom. The van der Waals surface area contributed by atoms with Gasteiger partial charge in [-0.25, -0.2) is 0 Å². The number of benzene rings is 2. The second kappa shape index (κ2) is 8.63. The molecule has 2 aromatic rings. The predicted octanol–water partition coefficient (Wildman–Crippen LogP) is 4.41. The van der Waals surface area contributed by atoms with Crippen molar-refractivity contribution in [2.24, 2.45) is 5.92 Å². The number of piperidine rings is 1. The van der Waals surface area contributed by atoms with Gasteiger partial charge in [-0.15, -0.1) is 6.58 Å². The summed E-state index contributed by atoms with van der Waals surface area (Å²) >= 11 is 0. The minimum Gasteiger partial charge on any atom is -0.377 e. The van der Waals surface area contributed by atoms with Crippen molar-refractivity contribution in [3.63, 3.8) is 0 Å². The first-order valence-corrected chi connectivity index (χ1v) is 8.91.